The van der Waals surface area contributed by atoms with Crippen molar-refractivity contribution in [1.29, 1.82) is 0 Å². The number of hydrogen-bond acceptors (Lipinski definition) is 2. The van der Waals surface area contributed by atoms with Crippen molar-refractivity contribution in [1.82, 2.24) is 5.32 Å². The molecule has 0 atom stereocenters. The fourth-order valence-electron chi connectivity index (χ4n) is 1.19. The maximum atomic E-state index is 11.2. The van der Waals surface area contributed by atoms with Gasteiger partial charge >= 0.3 is 0 Å². The van der Waals surface area contributed by atoms with Gasteiger partial charge in [0.1, 0.15) is 5.78 Å². The van der Waals surface area contributed by atoms with E-state index in [1.54, 1.807) is 6.92 Å². The van der Waals surface area contributed by atoms with Crippen LogP contribution in [-0.4, -0.2) is 18.2 Å². The molecule has 0 fully saturated rings. The van der Waals surface area contributed by atoms with Crippen LogP contribution in [-0.2, 0) is 9.59 Å². The van der Waals surface area contributed by atoms with Crippen molar-refractivity contribution in [2.24, 2.45) is 0 Å². The second-order valence-corrected chi connectivity index (χ2v) is 3.61. The Bertz CT molecular complexity index is 178. The minimum atomic E-state index is 0.0716. The molecule has 0 aromatic rings. The molecule has 0 radical (unpaired) electrons. The van der Waals surface area contributed by atoms with Gasteiger partial charge in [-0.25, -0.2) is 0 Å². The second-order valence-electron chi connectivity index (χ2n) is 3.61. The summed E-state index contributed by atoms with van der Waals surface area (Å²) in [5.74, 6) is 0.228. The van der Waals surface area contributed by atoms with Gasteiger partial charge in [0, 0.05) is 19.4 Å². The Morgan fingerprint density at radius 1 is 1.07 bits per heavy atom. The van der Waals surface area contributed by atoms with Crippen LogP contribution in [0.4, 0.5) is 0 Å². The van der Waals surface area contributed by atoms with Crippen LogP contribution in [0.3, 0.4) is 0 Å². The fraction of sp³-hybridized carbons (Fsp3) is 0.818. The van der Waals surface area contributed by atoms with E-state index in [2.05, 4.69) is 12.2 Å². The number of carbonyl (C=O) groups is 2. The molecule has 0 spiro atoms. The highest BCUT2D eigenvalue weighted by Gasteiger charge is 2.01. The quantitative estimate of drug-likeness (QED) is 0.608. The first-order valence-corrected chi connectivity index (χ1v) is 5.43. The SMILES string of the molecule is CCCCCNC(=O)CCCC(C)=O. The van der Waals surface area contributed by atoms with E-state index >= 15 is 0 Å². The number of hydrogen-bond donors (Lipinski definition) is 1. The third kappa shape index (κ3) is 9.23. The molecule has 0 rings (SSSR count). The Morgan fingerprint density at radius 3 is 2.36 bits per heavy atom. The minimum absolute atomic E-state index is 0.0716. The smallest absolute Gasteiger partial charge is 0.220 e. The molecule has 0 heterocycles. The number of carbonyl (C=O) groups excluding carboxylic acids is 2. The average molecular weight is 199 g/mol. The molecule has 14 heavy (non-hydrogen) atoms. The zero-order chi connectivity index (χ0) is 10.8. The van der Waals surface area contributed by atoms with E-state index in [4.69, 9.17) is 0 Å². The lowest BCUT2D eigenvalue weighted by molar-refractivity contribution is -0.121. The lowest BCUT2D eigenvalue weighted by atomic mass is 10.2. The van der Waals surface area contributed by atoms with Crippen molar-refractivity contribution >= 4 is 11.7 Å². The van der Waals surface area contributed by atoms with Gasteiger partial charge < -0.3 is 10.1 Å². The highest BCUT2D eigenvalue weighted by molar-refractivity contribution is 5.78. The fourth-order valence-corrected chi connectivity index (χ4v) is 1.19. The maximum Gasteiger partial charge on any atom is 0.220 e. The van der Waals surface area contributed by atoms with Crippen molar-refractivity contribution < 1.29 is 9.59 Å². The van der Waals surface area contributed by atoms with Gasteiger partial charge in [-0.15, -0.1) is 0 Å². The van der Waals surface area contributed by atoms with Gasteiger partial charge in [-0.05, 0) is 19.8 Å². The first kappa shape index (κ1) is 13.1. The summed E-state index contributed by atoms with van der Waals surface area (Å²) in [6, 6.07) is 0. The van der Waals surface area contributed by atoms with Crippen LogP contribution in [0.15, 0.2) is 0 Å². The van der Waals surface area contributed by atoms with E-state index in [0.717, 1.165) is 19.4 Å². The minimum Gasteiger partial charge on any atom is -0.356 e. The summed E-state index contributed by atoms with van der Waals surface area (Å²) in [5.41, 5.74) is 0. The molecule has 0 bridgehead atoms. The zero-order valence-corrected chi connectivity index (χ0v) is 9.27. The van der Waals surface area contributed by atoms with E-state index < -0.39 is 0 Å². The Balaban J connectivity index is 3.24. The molecule has 0 aliphatic carbocycles. The standard InChI is InChI=1S/C11H21NO2/c1-3-4-5-9-12-11(14)8-6-7-10(2)13/h3-9H2,1-2H3,(H,12,14). The number of nitrogens with one attached hydrogen (secondary N) is 1. The number of Topliss-reactive ketones (excluding diaryl/α,β-unsaturated/α-hetero) is 1. The third-order valence-corrected chi connectivity index (χ3v) is 2.04. The maximum absolute atomic E-state index is 11.2. The van der Waals surface area contributed by atoms with Crippen LogP contribution in [0.25, 0.3) is 0 Å². The van der Waals surface area contributed by atoms with Crippen LogP contribution in [0, 0.1) is 0 Å². The van der Waals surface area contributed by atoms with Gasteiger partial charge in [-0.1, -0.05) is 19.8 Å². The molecule has 0 saturated carbocycles. The zero-order valence-electron chi connectivity index (χ0n) is 9.27. The van der Waals surface area contributed by atoms with Crippen LogP contribution in [0.5, 0.6) is 0 Å². The molecule has 3 heteroatoms. The number of ketones is 1. The lowest BCUT2D eigenvalue weighted by Crippen LogP contribution is -2.24. The van der Waals surface area contributed by atoms with Crippen molar-refractivity contribution in [3.05, 3.63) is 0 Å². The van der Waals surface area contributed by atoms with E-state index in [1.807, 2.05) is 0 Å². The molecule has 0 aromatic carbocycles. The average Bonchev–Trinajstić information content (AvgIpc) is 2.12. The molecule has 82 valence electrons. The Labute approximate surface area is 86.3 Å². The summed E-state index contributed by atoms with van der Waals surface area (Å²) >= 11 is 0. The second kappa shape index (κ2) is 8.73. The van der Waals surface area contributed by atoms with Gasteiger partial charge in [0.25, 0.3) is 0 Å². The number of rotatable bonds is 8. The van der Waals surface area contributed by atoms with Gasteiger partial charge in [0.2, 0.25) is 5.91 Å². The summed E-state index contributed by atoms with van der Waals surface area (Å²) in [6.07, 6.45) is 5.05. The third-order valence-electron chi connectivity index (χ3n) is 2.04. The highest BCUT2D eigenvalue weighted by Crippen LogP contribution is 1.96. The summed E-state index contributed by atoms with van der Waals surface area (Å²) in [5, 5.41) is 2.84. The van der Waals surface area contributed by atoms with Gasteiger partial charge in [-0.3, -0.25) is 4.79 Å². The van der Waals surface area contributed by atoms with Gasteiger partial charge in [0.15, 0.2) is 0 Å². The molecule has 0 unspecified atom stereocenters. The van der Waals surface area contributed by atoms with Crippen molar-refractivity contribution in [3.8, 4) is 0 Å². The summed E-state index contributed by atoms with van der Waals surface area (Å²) in [7, 11) is 0. The molecular weight excluding hydrogens is 178 g/mol. The largest absolute Gasteiger partial charge is 0.356 e. The number of unbranched alkanes of at least 4 members (excludes halogenated alkanes) is 2. The molecule has 1 amide bonds. The van der Waals surface area contributed by atoms with E-state index in [0.29, 0.717) is 19.3 Å². The lowest BCUT2D eigenvalue weighted by Gasteiger charge is -2.03. The first-order valence-electron chi connectivity index (χ1n) is 5.43. The predicted octanol–water partition coefficient (Wildman–Crippen LogP) is 2.05. The normalized spacial score (nSPS) is 9.86. The van der Waals surface area contributed by atoms with E-state index in [9.17, 15) is 9.59 Å². The first-order chi connectivity index (χ1) is 6.66. The summed E-state index contributed by atoms with van der Waals surface area (Å²) in [6.45, 7) is 4.46. The Kier molecular flexibility index (Phi) is 8.19. The molecule has 1 N–H and O–H groups in total. The van der Waals surface area contributed by atoms with Gasteiger partial charge in [0.05, 0.1) is 0 Å². The van der Waals surface area contributed by atoms with Crippen LogP contribution in [0.2, 0.25) is 0 Å². The Morgan fingerprint density at radius 2 is 1.79 bits per heavy atom. The topological polar surface area (TPSA) is 46.2 Å². The van der Waals surface area contributed by atoms with Crippen molar-refractivity contribution in [2.45, 2.75) is 52.4 Å². The summed E-state index contributed by atoms with van der Waals surface area (Å²) < 4.78 is 0. The molecule has 0 aromatic heterocycles. The van der Waals surface area contributed by atoms with Crippen molar-refractivity contribution in [3.63, 3.8) is 0 Å². The van der Waals surface area contributed by atoms with Crippen molar-refractivity contribution in [2.75, 3.05) is 6.54 Å². The number of amides is 1. The monoisotopic (exact) mass is 199 g/mol. The molecule has 0 aliphatic heterocycles. The van der Waals surface area contributed by atoms with Gasteiger partial charge in [-0.2, -0.15) is 0 Å². The predicted molar refractivity (Wildman–Crippen MR) is 57.1 cm³/mol. The van der Waals surface area contributed by atoms with Crippen LogP contribution in [0.1, 0.15) is 52.4 Å². The van der Waals surface area contributed by atoms with E-state index in [1.165, 1.54) is 6.42 Å². The van der Waals surface area contributed by atoms with E-state index in [-0.39, 0.29) is 11.7 Å². The molecule has 0 aliphatic rings. The summed E-state index contributed by atoms with van der Waals surface area (Å²) in [4.78, 5) is 21.8. The van der Waals surface area contributed by atoms with Crippen LogP contribution >= 0.6 is 0 Å². The molecular formula is C11H21NO2. The molecule has 0 saturated heterocycles. The molecule has 3 nitrogen and oxygen atoms in total. The highest BCUT2D eigenvalue weighted by atomic mass is 16.1. The Hall–Kier alpha value is -0.860. The van der Waals surface area contributed by atoms with Crippen LogP contribution < -0.4 is 5.32 Å².